The van der Waals surface area contributed by atoms with Crippen LogP contribution in [-0.2, 0) is 32.0 Å². The largest absolute Gasteiger partial charge is 0.377 e. The summed E-state index contributed by atoms with van der Waals surface area (Å²) in [4.78, 5) is 72.2. The van der Waals surface area contributed by atoms with Gasteiger partial charge in [-0.25, -0.2) is 18.8 Å². The fraction of sp³-hybridized carbons (Fsp3) is 0.405. The molecule has 3 saturated heterocycles. The van der Waals surface area contributed by atoms with Crippen molar-refractivity contribution in [1.82, 2.24) is 24.5 Å². The Labute approximate surface area is 338 Å². The first-order chi connectivity index (χ1) is 28.0. The molecule has 0 bridgehead atoms. The first kappa shape index (κ1) is 39.2. The number of halogens is 2. The Bertz CT molecular complexity index is 2420. The van der Waals surface area contributed by atoms with E-state index in [-0.39, 0.29) is 66.3 Å². The SMILES string of the molecule is Cc1c(N2C(=O)[C@@H]3[C@H](OCCOCCn4nc(Cc5ccc(F)c(C(=O)N6CCN(C(=O)C7CC7)CC6)c5)c5ccccc5c4=O)CCN3C2=O)ccc(C#N)c1Cl. The van der Waals surface area contributed by atoms with E-state index in [2.05, 4.69) is 5.10 Å². The molecule has 8 rings (SSSR count). The average molecular weight is 810 g/mol. The zero-order chi connectivity index (χ0) is 40.7. The van der Waals surface area contributed by atoms with Crippen LogP contribution >= 0.6 is 11.6 Å². The molecule has 0 N–H and O–H groups in total. The summed E-state index contributed by atoms with van der Waals surface area (Å²) < 4.78 is 28.3. The lowest BCUT2D eigenvalue weighted by Crippen LogP contribution is -2.51. The summed E-state index contributed by atoms with van der Waals surface area (Å²) in [6.45, 7) is 4.09. The van der Waals surface area contributed by atoms with E-state index in [9.17, 15) is 29.2 Å². The number of carbonyl (C=O) groups excluding carboxylic acids is 4. The monoisotopic (exact) mass is 809 g/mol. The number of urea groups is 1. The van der Waals surface area contributed by atoms with Crippen LogP contribution in [0.2, 0.25) is 5.02 Å². The van der Waals surface area contributed by atoms with E-state index in [0.29, 0.717) is 72.4 Å². The fourth-order valence-electron chi connectivity index (χ4n) is 8.05. The van der Waals surface area contributed by atoms with Crippen LogP contribution in [-0.4, -0.2) is 113 Å². The van der Waals surface area contributed by atoms with E-state index in [0.717, 1.165) is 17.7 Å². The summed E-state index contributed by atoms with van der Waals surface area (Å²) in [5, 5.41) is 15.3. The maximum Gasteiger partial charge on any atom is 0.332 e. The van der Waals surface area contributed by atoms with Gasteiger partial charge >= 0.3 is 6.03 Å². The van der Waals surface area contributed by atoms with E-state index in [1.807, 2.05) is 18.2 Å². The van der Waals surface area contributed by atoms with Gasteiger partial charge in [0.05, 0.1) is 65.4 Å². The molecule has 0 radical (unpaired) electrons. The maximum absolute atomic E-state index is 15.1. The molecule has 3 aromatic carbocycles. The van der Waals surface area contributed by atoms with Crippen LogP contribution in [0.3, 0.4) is 0 Å². The van der Waals surface area contributed by atoms with Crippen LogP contribution in [0.5, 0.6) is 0 Å². The Hall–Kier alpha value is -5.69. The number of piperazine rings is 1. The highest BCUT2D eigenvalue weighted by Crippen LogP contribution is 2.37. The van der Waals surface area contributed by atoms with Crippen LogP contribution < -0.4 is 10.5 Å². The minimum Gasteiger partial charge on any atom is -0.377 e. The van der Waals surface area contributed by atoms with Crippen molar-refractivity contribution in [2.75, 3.05) is 57.4 Å². The molecule has 1 aromatic heterocycles. The smallest absolute Gasteiger partial charge is 0.332 e. The molecule has 2 atom stereocenters. The third-order valence-electron chi connectivity index (χ3n) is 11.4. The van der Waals surface area contributed by atoms with Crippen molar-refractivity contribution in [2.24, 2.45) is 5.92 Å². The third-order valence-corrected chi connectivity index (χ3v) is 11.8. The number of amides is 5. The molecular formula is C42H41ClFN7O7. The number of fused-ring (bicyclic) bond motifs is 2. The summed E-state index contributed by atoms with van der Waals surface area (Å²) in [5.74, 6) is -1.24. The number of benzene rings is 3. The van der Waals surface area contributed by atoms with Crippen molar-refractivity contribution in [2.45, 2.75) is 51.3 Å². The van der Waals surface area contributed by atoms with Gasteiger partial charge in [-0.2, -0.15) is 10.4 Å². The second-order valence-corrected chi connectivity index (χ2v) is 15.4. The Balaban J connectivity index is 0.876. The first-order valence-corrected chi connectivity index (χ1v) is 19.8. The second-order valence-electron chi connectivity index (χ2n) is 15.0. The predicted octanol–water partition coefficient (Wildman–Crippen LogP) is 4.30. The zero-order valence-corrected chi connectivity index (χ0v) is 32.6. The van der Waals surface area contributed by atoms with Gasteiger partial charge in [0.15, 0.2) is 0 Å². The van der Waals surface area contributed by atoms with Crippen molar-refractivity contribution in [3.05, 3.63) is 104 Å². The molecule has 4 fully saturated rings. The van der Waals surface area contributed by atoms with E-state index in [4.69, 9.17) is 21.1 Å². The van der Waals surface area contributed by atoms with Crippen LogP contribution in [0.25, 0.3) is 10.8 Å². The van der Waals surface area contributed by atoms with Gasteiger partial charge in [-0.1, -0.05) is 35.9 Å². The molecule has 58 heavy (non-hydrogen) atoms. The number of hydrogen-bond acceptors (Lipinski definition) is 9. The lowest BCUT2D eigenvalue weighted by molar-refractivity contribution is -0.134. The second kappa shape index (κ2) is 16.3. The van der Waals surface area contributed by atoms with Crippen molar-refractivity contribution < 1.29 is 33.0 Å². The number of nitrogens with zero attached hydrogens (tertiary/aromatic N) is 7. The van der Waals surface area contributed by atoms with Gasteiger partial charge in [-0.05, 0) is 67.6 Å². The van der Waals surface area contributed by atoms with Crippen molar-refractivity contribution in [3.8, 4) is 6.07 Å². The van der Waals surface area contributed by atoms with Gasteiger partial charge < -0.3 is 24.2 Å². The lowest BCUT2D eigenvalue weighted by Gasteiger charge is -2.35. The molecule has 3 aliphatic heterocycles. The highest BCUT2D eigenvalue weighted by atomic mass is 35.5. The summed E-state index contributed by atoms with van der Waals surface area (Å²) in [5.41, 5.74) is 1.92. The van der Waals surface area contributed by atoms with Gasteiger partial charge in [0.2, 0.25) is 5.91 Å². The number of imide groups is 1. The van der Waals surface area contributed by atoms with Crippen molar-refractivity contribution in [3.63, 3.8) is 0 Å². The van der Waals surface area contributed by atoms with Gasteiger partial charge in [0.1, 0.15) is 17.9 Å². The molecule has 4 heterocycles. The van der Waals surface area contributed by atoms with Gasteiger partial charge in [-0.3, -0.25) is 19.2 Å². The Morgan fingerprint density at radius 3 is 2.41 bits per heavy atom. The van der Waals surface area contributed by atoms with Gasteiger partial charge in [0, 0.05) is 50.4 Å². The average Bonchev–Trinajstić information content (AvgIpc) is 3.96. The van der Waals surface area contributed by atoms with E-state index < -0.39 is 35.8 Å². The van der Waals surface area contributed by atoms with Crippen LogP contribution in [0.1, 0.15) is 52.0 Å². The fourth-order valence-corrected chi connectivity index (χ4v) is 8.25. The Kier molecular flexibility index (Phi) is 11.0. The molecule has 14 nitrogen and oxygen atoms in total. The highest BCUT2D eigenvalue weighted by Gasteiger charge is 2.53. The predicted molar refractivity (Wildman–Crippen MR) is 210 cm³/mol. The van der Waals surface area contributed by atoms with Crippen molar-refractivity contribution in [1.29, 1.82) is 5.26 Å². The van der Waals surface area contributed by atoms with Crippen LogP contribution in [0, 0.1) is 30.0 Å². The summed E-state index contributed by atoms with van der Waals surface area (Å²) in [7, 11) is 0. The summed E-state index contributed by atoms with van der Waals surface area (Å²) in [6.07, 6.45) is 2.00. The topological polar surface area (TPSA) is 158 Å². The lowest BCUT2D eigenvalue weighted by atomic mass is 10.0. The molecule has 300 valence electrons. The highest BCUT2D eigenvalue weighted by molar-refractivity contribution is 6.33. The number of carbonyl (C=O) groups is 4. The molecule has 0 unspecified atom stereocenters. The van der Waals surface area contributed by atoms with E-state index >= 15 is 4.39 Å². The molecule has 5 amide bonds. The molecule has 0 spiro atoms. The van der Waals surface area contributed by atoms with Crippen molar-refractivity contribution >= 4 is 51.8 Å². The third kappa shape index (κ3) is 7.43. The van der Waals surface area contributed by atoms with E-state index in [1.54, 1.807) is 41.0 Å². The van der Waals surface area contributed by atoms with E-state index in [1.165, 1.54) is 27.8 Å². The minimum atomic E-state index is -0.797. The van der Waals surface area contributed by atoms with Crippen LogP contribution in [0.4, 0.5) is 14.9 Å². The zero-order valence-electron chi connectivity index (χ0n) is 31.9. The quantitative estimate of drug-likeness (QED) is 0.150. The Morgan fingerprint density at radius 1 is 0.931 bits per heavy atom. The molecular weight excluding hydrogens is 769 g/mol. The summed E-state index contributed by atoms with van der Waals surface area (Å²) >= 11 is 6.33. The van der Waals surface area contributed by atoms with Gasteiger partial charge in [-0.15, -0.1) is 0 Å². The maximum atomic E-state index is 15.1. The first-order valence-electron chi connectivity index (χ1n) is 19.4. The molecule has 1 saturated carbocycles. The number of rotatable bonds is 12. The number of aromatic nitrogens is 2. The molecule has 1 aliphatic carbocycles. The molecule has 16 heteroatoms. The van der Waals surface area contributed by atoms with Gasteiger partial charge in [0.25, 0.3) is 17.4 Å². The number of nitriles is 1. The number of anilines is 1. The Morgan fingerprint density at radius 2 is 1.67 bits per heavy atom. The molecule has 4 aromatic rings. The number of ether oxygens (including phenoxy) is 2. The minimum absolute atomic E-state index is 0.0504. The summed E-state index contributed by atoms with van der Waals surface area (Å²) in [6, 6.07) is 15.3. The normalized spacial score (nSPS) is 19.3. The molecule has 4 aliphatic rings. The number of hydrogen-bond donors (Lipinski definition) is 0. The van der Waals surface area contributed by atoms with Crippen LogP contribution in [0.15, 0.2) is 59.4 Å². The standard InChI is InChI=1S/C42H41ClFN7O7/c1-25-34(11-9-28(24-45)36(25)43)51-41(55)37-35(12-13-49(37)42(51)56)58-21-20-57-19-18-50-40(54)30-5-3-2-4-29(30)33(46-50)23-26-6-10-32(44)31(22-26)39(53)48-16-14-47(15-17-48)38(52)27-7-8-27/h2-6,9-11,22,27,35,37H,7-8,12-21,23H2,1H3/t35-,37+/m1/s1.